The molecule has 0 radical (unpaired) electrons. The van der Waals surface area contributed by atoms with E-state index in [1.807, 2.05) is 42.5 Å². The van der Waals surface area contributed by atoms with Crippen LogP contribution in [0.3, 0.4) is 0 Å². The second kappa shape index (κ2) is 7.72. The maximum atomic E-state index is 12.6. The third-order valence-electron chi connectivity index (χ3n) is 4.84. The van der Waals surface area contributed by atoms with Crippen LogP contribution in [0, 0.1) is 0 Å². The molecule has 0 bridgehead atoms. The van der Waals surface area contributed by atoms with Gasteiger partial charge in [0.05, 0.1) is 26.8 Å². The summed E-state index contributed by atoms with van der Waals surface area (Å²) in [6.45, 7) is 2.08. The quantitative estimate of drug-likeness (QED) is 0.744. The van der Waals surface area contributed by atoms with Gasteiger partial charge in [-0.2, -0.15) is 0 Å². The number of methoxy groups -OCH3 is 1. The molecule has 2 heterocycles. The minimum absolute atomic E-state index is 0.0788. The fourth-order valence-electron chi connectivity index (χ4n) is 3.39. The number of rotatable bonds is 4. The minimum Gasteiger partial charge on any atom is -0.497 e. The van der Waals surface area contributed by atoms with Crippen molar-refractivity contribution in [3.05, 3.63) is 65.9 Å². The van der Waals surface area contributed by atoms with Gasteiger partial charge in [0.15, 0.2) is 0 Å². The van der Waals surface area contributed by atoms with Crippen LogP contribution < -0.4 is 10.1 Å². The lowest BCUT2D eigenvalue weighted by Crippen LogP contribution is -2.47. The van der Waals surface area contributed by atoms with E-state index in [0.717, 1.165) is 27.9 Å². The number of carbonyl (C=O) groups is 1. The summed E-state index contributed by atoms with van der Waals surface area (Å²) in [4.78, 5) is 17.7. The Bertz CT molecular complexity index is 904. The molecule has 1 fully saturated rings. The fraction of sp³-hybridized carbons (Fsp3) is 0.286. The zero-order chi connectivity index (χ0) is 18.6. The molecule has 2 amide bonds. The fourth-order valence-corrected chi connectivity index (χ4v) is 3.39. The average Bonchev–Trinajstić information content (AvgIpc) is 3.15. The smallest absolute Gasteiger partial charge is 0.317 e. The number of aromatic nitrogens is 1. The Kier molecular flexibility index (Phi) is 4.98. The van der Waals surface area contributed by atoms with Gasteiger partial charge >= 0.3 is 6.03 Å². The zero-order valence-corrected chi connectivity index (χ0v) is 15.3. The van der Waals surface area contributed by atoms with E-state index in [2.05, 4.69) is 22.4 Å². The second-order valence-electron chi connectivity index (χ2n) is 6.62. The lowest BCUT2D eigenvalue weighted by Gasteiger charge is -2.33. The highest BCUT2D eigenvalue weighted by Gasteiger charge is 2.25. The molecule has 1 saturated heterocycles. The van der Waals surface area contributed by atoms with Gasteiger partial charge in [0.2, 0.25) is 0 Å². The molecule has 2 N–H and O–H groups in total. The summed E-state index contributed by atoms with van der Waals surface area (Å²) in [6.07, 6.45) is -0.146. The first-order valence-corrected chi connectivity index (χ1v) is 9.08. The van der Waals surface area contributed by atoms with Crippen molar-refractivity contribution < 1.29 is 14.3 Å². The highest BCUT2D eigenvalue weighted by Crippen LogP contribution is 2.25. The summed E-state index contributed by atoms with van der Waals surface area (Å²) in [6, 6.07) is 17.9. The highest BCUT2D eigenvalue weighted by atomic mass is 16.5. The van der Waals surface area contributed by atoms with E-state index in [4.69, 9.17) is 9.47 Å². The number of benzene rings is 2. The Balaban J connectivity index is 1.38. The number of morpholine rings is 1. The SMILES string of the molecule is COc1cccc(C2CN(C(=O)NCc3cc4ccccc4[nH]3)CCO2)c1. The molecular formula is C21H23N3O3. The molecule has 0 spiro atoms. The minimum atomic E-state index is -0.146. The number of H-pyrrole nitrogens is 1. The first-order chi connectivity index (χ1) is 13.2. The Morgan fingerprint density at radius 2 is 2.15 bits per heavy atom. The predicted molar refractivity (Wildman–Crippen MR) is 104 cm³/mol. The standard InChI is InChI=1S/C21H23N3O3/c1-26-18-7-4-6-16(12-18)20-14-24(9-10-27-20)21(25)22-13-17-11-15-5-2-3-8-19(15)23-17/h2-8,11-12,20,23H,9-10,13-14H2,1H3,(H,22,25). The monoisotopic (exact) mass is 365 g/mol. The van der Waals surface area contributed by atoms with Crippen LogP contribution in [0.5, 0.6) is 5.75 Å². The molecule has 27 heavy (non-hydrogen) atoms. The number of para-hydroxylation sites is 1. The third-order valence-corrected chi connectivity index (χ3v) is 4.84. The lowest BCUT2D eigenvalue weighted by atomic mass is 10.1. The number of aromatic amines is 1. The summed E-state index contributed by atoms with van der Waals surface area (Å²) in [7, 11) is 1.64. The Morgan fingerprint density at radius 1 is 1.26 bits per heavy atom. The van der Waals surface area contributed by atoms with Gasteiger partial charge in [-0.15, -0.1) is 0 Å². The third kappa shape index (κ3) is 3.90. The van der Waals surface area contributed by atoms with E-state index in [1.54, 1.807) is 12.0 Å². The summed E-state index contributed by atoms with van der Waals surface area (Å²) in [5.74, 6) is 0.788. The molecule has 3 aromatic rings. The highest BCUT2D eigenvalue weighted by molar-refractivity contribution is 5.80. The van der Waals surface area contributed by atoms with Crippen LogP contribution in [-0.2, 0) is 11.3 Å². The van der Waals surface area contributed by atoms with Crippen molar-refractivity contribution in [1.29, 1.82) is 0 Å². The van der Waals surface area contributed by atoms with E-state index in [9.17, 15) is 4.79 Å². The number of hydrogen-bond acceptors (Lipinski definition) is 3. The Morgan fingerprint density at radius 3 is 3.00 bits per heavy atom. The molecule has 1 aromatic heterocycles. The van der Waals surface area contributed by atoms with Crippen LogP contribution in [0.1, 0.15) is 17.4 Å². The van der Waals surface area contributed by atoms with Crippen molar-refractivity contribution in [2.45, 2.75) is 12.6 Å². The molecule has 140 valence electrons. The summed E-state index contributed by atoms with van der Waals surface area (Å²) in [5, 5.41) is 4.14. The van der Waals surface area contributed by atoms with Crippen LogP contribution in [0.15, 0.2) is 54.6 Å². The van der Waals surface area contributed by atoms with Crippen molar-refractivity contribution in [3.63, 3.8) is 0 Å². The first kappa shape index (κ1) is 17.4. The molecule has 1 aliphatic rings. The molecule has 1 aliphatic heterocycles. The summed E-state index contributed by atoms with van der Waals surface area (Å²) in [5.41, 5.74) is 3.08. The largest absolute Gasteiger partial charge is 0.497 e. The zero-order valence-electron chi connectivity index (χ0n) is 15.3. The van der Waals surface area contributed by atoms with Gasteiger partial charge in [-0.3, -0.25) is 0 Å². The van der Waals surface area contributed by atoms with E-state index in [0.29, 0.717) is 26.2 Å². The molecule has 0 saturated carbocycles. The number of hydrogen-bond donors (Lipinski definition) is 2. The molecule has 1 unspecified atom stereocenters. The van der Waals surface area contributed by atoms with Crippen LogP contribution in [0.4, 0.5) is 4.79 Å². The molecule has 4 rings (SSSR count). The van der Waals surface area contributed by atoms with E-state index < -0.39 is 0 Å². The van der Waals surface area contributed by atoms with Crippen molar-refractivity contribution in [1.82, 2.24) is 15.2 Å². The van der Waals surface area contributed by atoms with E-state index in [-0.39, 0.29) is 12.1 Å². The number of carbonyl (C=O) groups excluding carboxylic acids is 1. The normalized spacial score (nSPS) is 17.1. The van der Waals surface area contributed by atoms with Gasteiger partial charge < -0.3 is 24.7 Å². The molecule has 0 aliphatic carbocycles. The molecule has 1 atom stereocenters. The first-order valence-electron chi connectivity index (χ1n) is 9.08. The van der Waals surface area contributed by atoms with Crippen molar-refractivity contribution >= 4 is 16.9 Å². The van der Waals surface area contributed by atoms with Gasteiger partial charge in [0.25, 0.3) is 0 Å². The van der Waals surface area contributed by atoms with Gasteiger partial charge in [0.1, 0.15) is 11.9 Å². The van der Waals surface area contributed by atoms with Gasteiger partial charge in [0, 0.05) is 17.8 Å². The summed E-state index contributed by atoms with van der Waals surface area (Å²) >= 11 is 0. The number of amides is 2. The van der Waals surface area contributed by atoms with E-state index in [1.165, 1.54) is 0 Å². The average molecular weight is 365 g/mol. The van der Waals surface area contributed by atoms with Crippen molar-refractivity contribution in [2.24, 2.45) is 0 Å². The van der Waals surface area contributed by atoms with Gasteiger partial charge in [-0.05, 0) is 35.2 Å². The van der Waals surface area contributed by atoms with Crippen LogP contribution in [-0.4, -0.2) is 42.7 Å². The topological polar surface area (TPSA) is 66.6 Å². The molecular weight excluding hydrogens is 342 g/mol. The van der Waals surface area contributed by atoms with Crippen molar-refractivity contribution in [3.8, 4) is 5.75 Å². The predicted octanol–water partition coefficient (Wildman–Crippen LogP) is 3.46. The lowest BCUT2D eigenvalue weighted by molar-refractivity contribution is -0.0155. The van der Waals surface area contributed by atoms with Gasteiger partial charge in [-0.1, -0.05) is 30.3 Å². The number of ether oxygens (including phenoxy) is 2. The van der Waals surface area contributed by atoms with Crippen LogP contribution in [0.2, 0.25) is 0 Å². The maximum absolute atomic E-state index is 12.6. The Hall–Kier alpha value is -2.99. The molecule has 6 nitrogen and oxygen atoms in total. The number of fused-ring (bicyclic) bond motifs is 1. The number of nitrogens with one attached hydrogen (secondary N) is 2. The maximum Gasteiger partial charge on any atom is 0.317 e. The summed E-state index contributed by atoms with van der Waals surface area (Å²) < 4.78 is 11.1. The van der Waals surface area contributed by atoms with Crippen molar-refractivity contribution in [2.75, 3.05) is 26.8 Å². The van der Waals surface area contributed by atoms with Crippen LogP contribution >= 0.6 is 0 Å². The number of urea groups is 1. The Labute approximate surface area is 158 Å². The van der Waals surface area contributed by atoms with Crippen LogP contribution in [0.25, 0.3) is 10.9 Å². The second-order valence-corrected chi connectivity index (χ2v) is 6.62. The van der Waals surface area contributed by atoms with Gasteiger partial charge in [-0.25, -0.2) is 4.79 Å². The van der Waals surface area contributed by atoms with E-state index >= 15 is 0 Å². The molecule has 2 aromatic carbocycles. The molecule has 6 heteroatoms. The number of nitrogens with zero attached hydrogens (tertiary/aromatic N) is 1.